The molecule has 0 aliphatic rings. The van der Waals surface area contributed by atoms with Crippen molar-refractivity contribution >= 4 is 11.1 Å². The molecule has 0 unspecified atom stereocenters. The van der Waals surface area contributed by atoms with Gasteiger partial charge in [-0.15, -0.1) is 0 Å². The van der Waals surface area contributed by atoms with E-state index < -0.39 is 0 Å². The maximum atomic E-state index is 8.67. The lowest BCUT2D eigenvalue weighted by Gasteiger charge is -1.97. The Labute approximate surface area is 76.0 Å². The highest BCUT2D eigenvalue weighted by Crippen LogP contribution is 2.15. The minimum atomic E-state index is 0.231. The van der Waals surface area contributed by atoms with Gasteiger partial charge in [-0.05, 0) is 30.5 Å². The van der Waals surface area contributed by atoms with Crippen LogP contribution in [-0.2, 0) is 6.42 Å². The molecule has 0 saturated heterocycles. The van der Waals surface area contributed by atoms with E-state index in [2.05, 4.69) is 4.98 Å². The molecule has 0 radical (unpaired) electrons. The molecule has 0 aliphatic carbocycles. The number of nitrogens with zero attached hydrogens (tertiary/aromatic N) is 1. The van der Waals surface area contributed by atoms with Gasteiger partial charge in [0.05, 0.1) is 0 Å². The molecule has 3 heteroatoms. The standard InChI is InChI=1S/C10H11NO2/c12-5-1-2-8-3-4-9-10(6-8)13-7-11-9/h3-4,6-7,12H,1-2,5H2. The van der Waals surface area contributed by atoms with Crippen LogP contribution in [0.2, 0.25) is 0 Å². The number of aliphatic hydroxyl groups excluding tert-OH is 1. The van der Waals surface area contributed by atoms with Crippen molar-refractivity contribution in [3.05, 3.63) is 30.2 Å². The Morgan fingerprint density at radius 3 is 3.15 bits per heavy atom. The fraction of sp³-hybridized carbons (Fsp3) is 0.300. The number of oxazole rings is 1. The maximum Gasteiger partial charge on any atom is 0.181 e. The average molecular weight is 177 g/mol. The van der Waals surface area contributed by atoms with Gasteiger partial charge >= 0.3 is 0 Å². The summed E-state index contributed by atoms with van der Waals surface area (Å²) in [6.45, 7) is 0.231. The van der Waals surface area contributed by atoms with Crippen molar-refractivity contribution in [2.45, 2.75) is 12.8 Å². The molecule has 2 aromatic rings. The van der Waals surface area contributed by atoms with E-state index in [4.69, 9.17) is 9.52 Å². The number of rotatable bonds is 3. The minimum Gasteiger partial charge on any atom is -0.443 e. The highest BCUT2D eigenvalue weighted by molar-refractivity contribution is 5.72. The summed E-state index contributed by atoms with van der Waals surface area (Å²) in [4.78, 5) is 4.02. The monoisotopic (exact) mass is 177 g/mol. The summed E-state index contributed by atoms with van der Waals surface area (Å²) in [5.74, 6) is 0. The summed E-state index contributed by atoms with van der Waals surface area (Å²) in [5, 5.41) is 8.67. The molecule has 0 amide bonds. The van der Waals surface area contributed by atoms with Crippen LogP contribution >= 0.6 is 0 Å². The van der Waals surface area contributed by atoms with Crippen molar-refractivity contribution in [3.8, 4) is 0 Å². The summed E-state index contributed by atoms with van der Waals surface area (Å²) < 4.78 is 5.16. The number of fused-ring (bicyclic) bond motifs is 1. The highest BCUT2D eigenvalue weighted by atomic mass is 16.3. The molecular weight excluding hydrogens is 166 g/mol. The highest BCUT2D eigenvalue weighted by Gasteiger charge is 1.99. The molecule has 1 aromatic carbocycles. The minimum absolute atomic E-state index is 0.231. The predicted molar refractivity (Wildman–Crippen MR) is 49.4 cm³/mol. The zero-order valence-corrected chi connectivity index (χ0v) is 7.23. The Kier molecular flexibility index (Phi) is 2.27. The third-order valence-corrected chi connectivity index (χ3v) is 2.02. The lowest BCUT2D eigenvalue weighted by molar-refractivity contribution is 0.288. The smallest absolute Gasteiger partial charge is 0.181 e. The fourth-order valence-corrected chi connectivity index (χ4v) is 1.34. The number of benzene rings is 1. The van der Waals surface area contributed by atoms with Crippen LogP contribution in [0.1, 0.15) is 12.0 Å². The van der Waals surface area contributed by atoms with Gasteiger partial charge in [-0.3, -0.25) is 0 Å². The summed E-state index contributed by atoms with van der Waals surface area (Å²) in [7, 11) is 0. The molecule has 0 aliphatic heterocycles. The predicted octanol–water partition coefficient (Wildman–Crippen LogP) is 1.75. The van der Waals surface area contributed by atoms with Crippen LogP contribution in [0.4, 0.5) is 0 Å². The van der Waals surface area contributed by atoms with Crippen LogP contribution in [-0.4, -0.2) is 16.7 Å². The second kappa shape index (κ2) is 3.58. The Hall–Kier alpha value is -1.35. The van der Waals surface area contributed by atoms with Gasteiger partial charge in [-0.2, -0.15) is 0 Å². The van der Waals surface area contributed by atoms with Gasteiger partial charge < -0.3 is 9.52 Å². The lowest BCUT2D eigenvalue weighted by atomic mass is 10.1. The van der Waals surface area contributed by atoms with E-state index in [0.717, 1.165) is 23.9 Å². The second-order valence-electron chi connectivity index (χ2n) is 2.98. The maximum absolute atomic E-state index is 8.67. The second-order valence-corrected chi connectivity index (χ2v) is 2.98. The van der Waals surface area contributed by atoms with Gasteiger partial charge in [-0.1, -0.05) is 6.07 Å². The molecule has 0 atom stereocenters. The Balaban J connectivity index is 2.26. The van der Waals surface area contributed by atoms with Crippen LogP contribution in [0, 0.1) is 0 Å². The Morgan fingerprint density at radius 2 is 2.31 bits per heavy atom. The van der Waals surface area contributed by atoms with Gasteiger partial charge in [0, 0.05) is 6.61 Å². The van der Waals surface area contributed by atoms with Gasteiger partial charge in [-0.25, -0.2) is 4.98 Å². The van der Waals surface area contributed by atoms with Crippen LogP contribution in [0.25, 0.3) is 11.1 Å². The van der Waals surface area contributed by atoms with E-state index in [1.165, 1.54) is 12.0 Å². The lowest BCUT2D eigenvalue weighted by Crippen LogP contribution is -1.88. The SMILES string of the molecule is OCCCc1ccc2ncoc2c1. The quantitative estimate of drug-likeness (QED) is 0.776. The van der Waals surface area contributed by atoms with Crippen LogP contribution in [0.3, 0.4) is 0 Å². The molecule has 13 heavy (non-hydrogen) atoms. The molecule has 0 saturated carbocycles. The first kappa shape index (κ1) is 8.26. The molecule has 1 N–H and O–H groups in total. The topological polar surface area (TPSA) is 46.3 Å². The van der Waals surface area contributed by atoms with E-state index in [9.17, 15) is 0 Å². The first-order valence-corrected chi connectivity index (χ1v) is 4.33. The number of aromatic nitrogens is 1. The Morgan fingerprint density at radius 1 is 1.38 bits per heavy atom. The summed E-state index contributed by atoms with van der Waals surface area (Å²) in [6, 6.07) is 5.92. The van der Waals surface area contributed by atoms with Crippen molar-refractivity contribution in [1.29, 1.82) is 0 Å². The molecule has 1 heterocycles. The molecule has 3 nitrogen and oxygen atoms in total. The number of hydrogen-bond acceptors (Lipinski definition) is 3. The van der Waals surface area contributed by atoms with E-state index in [1.807, 2.05) is 18.2 Å². The summed E-state index contributed by atoms with van der Waals surface area (Å²) >= 11 is 0. The van der Waals surface area contributed by atoms with Crippen LogP contribution in [0.5, 0.6) is 0 Å². The molecule has 68 valence electrons. The van der Waals surface area contributed by atoms with Crippen LogP contribution < -0.4 is 0 Å². The number of aryl methyl sites for hydroxylation is 1. The van der Waals surface area contributed by atoms with E-state index in [-0.39, 0.29) is 6.61 Å². The van der Waals surface area contributed by atoms with Gasteiger partial charge in [0.2, 0.25) is 0 Å². The van der Waals surface area contributed by atoms with Crippen molar-refractivity contribution in [2.24, 2.45) is 0 Å². The molecule has 0 spiro atoms. The normalized spacial score (nSPS) is 10.8. The molecular formula is C10H11NO2. The third-order valence-electron chi connectivity index (χ3n) is 2.02. The first-order chi connectivity index (χ1) is 6.40. The molecule has 1 aromatic heterocycles. The third kappa shape index (κ3) is 1.70. The fourth-order valence-electron chi connectivity index (χ4n) is 1.34. The Bertz CT molecular complexity index is 394. The average Bonchev–Trinajstić information content (AvgIpc) is 2.61. The van der Waals surface area contributed by atoms with Gasteiger partial charge in [0.1, 0.15) is 5.52 Å². The molecule has 2 rings (SSSR count). The van der Waals surface area contributed by atoms with Crippen LogP contribution in [0.15, 0.2) is 29.0 Å². The van der Waals surface area contributed by atoms with E-state index in [1.54, 1.807) is 0 Å². The van der Waals surface area contributed by atoms with Crippen molar-refractivity contribution < 1.29 is 9.52 Å². The molecule has 0 bridgehead atoms. The summed E-state index contributed by atoms with van der Waals surface area (Å²) in [5.41, 5.74) is 2.88. The van der Waals surface area contributed by atoms with Crippen molar-refractivity contribution in [3.63, 3.8) is 0 Å². The van der Waals surface area contributed by atoms with Crippen molar-refractivity contribution in [1.82, 2.24) is 4.98 Å². The van der Waals surface area contributed by atoms with Gasteiger partial charge in [0.15, 0.2) is 12.0 Å². The van der Waals surface area contributed by atoms with E-state index >= 15 is 0 Å². The summed E-state index contributed by atoms with van der Waals surface area (Å²) in [6.07, 6.45) is 3.12. The molecule has 0 fully saturated rings. The van der Waals surface area contributed by atoms with E-state index in [0.29, 0.717) is 0 Å². The zero-order chi connectivity index (χ0) is 9.10. The van der Waals surface area contributed by atoms with Crippen molar-refractivity contribution in [2.75, 3.05) is 6.61 Å². The number of aliphatic hydroxyl groups is 1. The van der Waals surface area contributed by atoms with Gasteiger partial charge in [0.25, 0.3) is 0 Å². The number of hydrogen-bond donors (Lipinski definition) is 1. The first-order valence-electron chi connectivity index (χ1n) is 4.33. The zero-order valence-electron chi connectivity index (χ0n) is 7.23. The largest absolute Gasteiger partial charge is 0.443 e.